The van der Waals surface area contributed by atoms with Gasteiger partial charge in [-0.2, -0.15) is 0 Å². The van der Waals surface area contributed by atoms with Gasteiger partial charge in [-0.1, -0.05) is 18.2 Å². The largest absolute Gasteiger partial charge is 0.395 e. The maximum atomic E-state index is 13.4. The molecular weight excluding hydrogens is 372 g/mol. The van der Waals surface area contributed by atoms with Crippen molar-refractivity contribution < 1.29 is 14.8 Å². The van der Waals surface area contributed by atoms with Crippen LogP contribution in [0.1, 0.15) is 17.3 Å². The van der Waals surface area contributed by atoms with Crippen molar-refractivity contribution in [2.24, 2.45) is 0 Å². The van der Waals surface area contributed by atoms with Gasteiger partial charge in [0.15, 0.2) is 0 Å². The van der Waals surface area contributed by atoms with Gasteiger partial charge in [0.25, 0.3) is 11.6 Å². The number of hydrogen-bond donors (Lipinski definition) is 1. The van der Waals surface area contributed by atoms with Crippen molar-refractivity contribution in [2.45, 2.75) is 6.92 Å². The highest BCUT2D eigenvalue weighted by atomic mass is 16.6. The second-order valence-electron chi connectivity index (χ2n) is 6.90. The molecule has 8 heteroatoms. The number of nitro benzene ring substituents is 1. The molecule has 1 fully saturated rings. The molecule has 0 unspecified atom stereocenters. The van der Waals surface area contributed by atoms with Crippen molar-refractivity contribution in [2.75, 3.05) is 55.7 Å². The number of non-ortho nitro benzene ring substituents is 1. The van der Waals surface area contributed by atoms with E-state index in [1.54, 1.807) is 11.0 Å². The summed E-state index contributed by atoms with van der Waals surface area (Å²) >= 11 is 0. The first-order valence-electron chi connectivity index (χ1n) is 9.78. The van der Waals surface area contributed by atoms with Crippen molar-refractivity contribution >= 4 is 23.0 Å². The minimum atomic E-state index is -0.474. The molecule has 0 atom stereocenters. The van der Waals surface area contributed by atoms with Gasteiger partial charge >= 0.3 is 0 Å². The van der Waals surface area contributed by atoms with E-state index in [9.17, 15) is 14.9 Å². The summed E-state index contributed by atoms with van der Waals surface area (Å²) in [6, 6.07) is 13.8. The standard InChI is InChI=1S/C21H26N4O4/c1-2-24(17-6-4-3-5-7-17)21(27)19-16-18(25(28)29)8-9-20(19)23-12-10-22(11-13-23)14-15-26/h3-9,16,26H,2,10-15H2,1H3. The van der Waals surface area contributed by atoms with E-state index in [0.717, 1.165) is 18.8 Å². The Morgan fingerprint density at radius 2 is 1.83 bits per heavy atom. The summed E-state index contributed by atoms with van der Waals surface area (Å²) in [4.78, 5) is 30.1. The van der Waals surface area contributed by atoms with Crippen LogP contribution in [0.3, 0.4) is 0 Å². The predicted molar refractivity (Wildman–Crippen MR) is 113 cm³/mol. The summed E-state index contributed by atoms with van der Waals surface area (Å²) < 4.78 is 0. The van der Waals surface area contributed by atoms with Gasteiger partial charge in [-0.05, 0) is 25.1 Å². The molecule has 1 saturated heterocycles. The molecular formula is C21H26N4O4. The van der Waals surface area contributed by atoms with Crippen molar-refractivity contribution in [1.82, 2.24) is 4.90 Å². The fourth-order valence-electron chi connectivity index (χ4n) is 3.64. The fraction of sp³-hybridized carbons (Fsp3) is 0.381. The Kier molecular flexibility index (Phi) is 6.79. The van der Waals surface area contributed by atoms with Crippen molar-refractivity contribution in [3.8, 4) is 0 Å². The lowest BCUT2D eigenvalue weighted by molar-refractivity contribution is -0.384. The molecule has 0 aromatic heterocycles. The van der Waals surface area contributed by atoms with Crippen molar-refractivity contribution in [3.05, 3.63) is 64.2 Å². The molecule has 2 aromatic rings. The zero-order valence-corrected chi connectivity index (χ0v) is 16.5. The number of piperazine rings is 1. The Hall–Kier alpha value is -2.97. The number of aliphatic hydroxyl groups is 1. The number of anilines is 2. The van der Waals surface area contributed by atoms with E-state index in [1.807, 2.05) is 37.3 Å². The third kappa shape index (κ3) is 4.72. The second-order valence-corrected chi connectivity index (χ2v) is 6.90. The number of para-hydroxylation sites is 1. The molecule has 2 aromatic carbocycles. The molecule has 1 N–H and O–H groups in total. The minimum absolute atomic E-state index is 0.0971. The second kappa shape index (κ2) is 9.49. The molecule has 1 amide bonds. The molecule has 1 heterocycles. The van der Waals surface area contributed by atoms with Crippen LogP contribution in [0.2, 0.25) is 0 Å². The smallest absolute Gasteiger partial charge is 0.270 e. The summed E-state index contributed by atoms with van der Waals surface area (Å²) in [5.41, 5.74) is 1.70. The fourth-order valence-corrected chi connectivity index (χ4v) is 3.64. The Morgan fingerprint density at radius 3 is 2.41 bits per heavy atom. The lowest BCUT2D eigenvalue weighted by atomic mass is 10.1. The zero-order chi connectivity index (χ0) is 20.8. The third-order valence-corrected chi connectivity index (χ3v) is 5.18. The summed E-state index contributed by atoms with van der Waals surface area (Å²) in [7, 11) is 0. The normalized spacial score (nSPS) is 14.6. The topological polar surface area (TPSA) is 90.2 Å². The molecule has 0 radical (unpaired) electrons. The van der Waals surface area contributed by atoms with Crippen LogP contribution in [-0.2, 0) is 0 Å². The van der Waals surface area contributed by atoms with E-state index in [0.29, 0.717) is 37.4 Å². The summed E-state index contributed by atoms with van der Waals surface area (Å²) in [5, 5.41) is 20.5. The lowest BCUT2D eigenvalue weighted by Gasteiger charge is -2.37. The van der Waals surface area contributed by atoms with E-state index < -0.39 is 4.92 Å². The molecule has 1 aliphatic heterocycles. The molecule has 3 rings (SSSR count). The zero-order valence-electron chi connectivity index (χ0n) is 16.5. The number of β-amino-alcohol motifs (C(OH)–C–C–N with tert-alkyl or cyclic N) is 1. The van der Waals surface area contributed by atoms with Crippen LogP contribution in [0.5, 0.6) is 0 Å². The van der Waals surface area contributed by atoms with E-state index >= 15 is 0 Å². The Morgan fingerprint density at radius 1 is 1.14 bits per heavy atom. The molecule has 154 valence electrons. The number of nitro groups is 1. The highest BCUT2D eigenvalue weighted by Crippen LogP contribution is 2.29. The van der Waals surface area contributed by atoms with Gasteiger partial charge in [-0.3, -0.25) is 19.8 Å². The molecule has 0 aliphatic carbocycles. The summed E-state index contributed by atoms with van der Waals surface area (Å²) in [5.74, 6) is -0.254. The van der Waals surface area contributed by atoms with Gasteiger partial charge in [-0.15, -0.1) is 0 Å². The average Bonchev–Trinajstić information content (AvgIpc) is 2.75. The highest BCUT2D eigenvalue weighted by Gasteiger charge is 2.26. The van der Waals surface area contributed by atoms with Crippen molar-refractivity contribution in [1.29, 1.82) is 0 Å². The van der Waals surface area contributed by atoms with Crippen LogP contribution in [0.15, 0.2) is 48.5 Å². The van der Waals surface area contributed by atoms with Gasteiger partial charge in [0.05, 0.1) is 22.8 Å². The van der Waals surface area contributed by atoms with Crippen LogP contribution < -0.4 is 9.80 Å². The van der Waals surface area contributed by atoms with Gasteiger partial charge in [0, 0.05) is 57.1 Å². The Balaban J connectivity index is 1.94. The molecule has 8 nitrogen and oxygen atoms in total. The monoisotopic (exact) mass is 398 g/mol. The van der Waals surface area contributed by atoms with Crippen LogP contribution in [0.25, 0.3) is 0 Å². The van der Waals surface area contributed by atoms with E-state index in [2.05, 4.69) is 9.80 Å². The van der Waals surface area contributed by atoms with Crippen LogP contribution in [0, 0.1) is 10.1 Å². The Bertz CT molecular complexity index is 851. The first-order chi connectivity index (χ1) is 14.0. The van der Waals surface area contributed by atoms with E-state index in [-0.39, 0.29) is 18.2 Å². The van der Waals surface area contributed by atoms with Gasteiger partial charge < -0.3 is 14.9 Å². The van der Waals surface area contributed by atoms with Crippen LogP contribution in [-0.4, -0.2) is 66.7 Å². The summed E-state index contributed by atoms with van der Waals surface area (Å²) in [6.07, 6.45) is 0. The quantitative estimate of drug-likeness (QED) is 0.569. The predicted octanol–water partition coefficient (Wildman–Crippen LogP) is 2.38. The molecule has 29 heavy (non-hydrogen) atoms. The number of rotatable bonds is 7. The maximum Gasteiger partial charge on any atom is 0.270 e. The van der Waals surface area contributed by atoms with Crippen molar-refractivity contribution in [3.63, 3.8) is 0 Å². The first kappa shape index (κ1) is 20.8. The SMILES string of the molecule is CCN(C(=O)c1cc([N+](=O)[O-])ccc1N1CCN(CCO)CC1)c1ccccc1. The molecule has 0 bridgehead atoms. The van der Waals surface area contributed by atoms with E-state index in [1.165, 1.54) is 12.1 Å². The number of carbonyl (C=O) groups excluding carboxylic acids is 1. The maximum absolute atomic E-state index is 13.4. The number of carbonyl (C=O) groups is 1. The number of amides is 1. The lowest BCUT2D eigenvalue weighted by Crippen LogP contribution is -2.47. The number of nitrogens with zero attached hydrogens (tertiary/aromatic N) is 4. The third-order valence-electron chi connectivity index (χ3n) is 5.18. The summed E-state index contributed by atoms with van der Waals surface area (Å²) in [6.45, 7) is 5.99. The van der Waals surface area contributed by atoms with Gasteiger partial charge in [0.2, 0.25) is 0 Å². The minimum Gasteiger partial charge on any atom is -0.395 e. The van der Waals surface area contributed by atoms with Gasteiger partial charge in [0.1, 0.15) is 0 Å². The number of benzene rings is 2. The first-order valence-corrected chi connectivity index (χ1v) is 9.78. The average molecular weight is 398 g/mol. The van der Waals surface area contributed by atoms with E-state index in [4.69, 9.17) is 5.11 Å². The number of hydrogen-bond acceptors (Lipinski definition) is 6. The Labute approximate surface area is 170 Å². The van der Waals surface area contributed by atoms with Crippen LogP contribution in [0.4, 0.5) is 17.1 Å². The van der Waals surface area contributed by atoms with Gasteiger partial charge in [-0.25, -0.2) is 0 Å². The number of aliphatic hydroxyl groups excluding tert-OH is 1. The molecule has 1 aliphatic rings. The molecule has 0 spiro atoms. The highest BCUT2D eigenvalue weighted by molar-refractivity contribution is 6.10. The van der Waals surface area contributed by atoms with Crippen LogP contribution >= 0.6 is 0 Å². The molecule has 0 saturated carbocycles.